The number of furan rings is 1. The summed E-state index contributed by atoms with van der Waals surface area (Å²) in [6.45, 7) is 0. The topological polar surface area (TPSA) is 85.4 Å². The molecule has 0 aliphatic heterocycles. The van der Waals surface area contributed by atoms with Gasteiger partial charge in [-0.05, 0) is 30.3 Å². The molecule has 0 aliphatic rings. The fourth-order valence-corrected chi connectivity index (χ4v) is 3.06. The van der Waals surface area contributed by atoms with Gasteiger partial charge in [0.2, 0.25) is 0 Å². The molecular formula is C16H9ClN6O. The van der Waals surface area contributed by atoms with E-state index in [0.717, 1.165) is 10.9 Å². The maximum absolute atomic E-state index is 6.54. The first-order valence-electron chi connectivity index (χ1n) is 7.19. The first kappa shape index (κ1) is 13.3. The van der Waals surface area contributed by atoms with Crippen molar-refractivity contribution in [2.45, 2.75) is 0 Å². The molecule has 0 saturated carbocycles. The molecule has 1 aromatic carbocycles. The van der Waals surface area contributed by atoms with Crippen molar-refractivity contribution in [3.8, 4) is 17.1 Å². The van der Waals surface area contributed by atoms with E-state index in [2.05, 4.69) is 25.3 Å². The Morgan fingerprint density at radius 3 is 2.96 bits per heavy atom. The lowest BCUT2D eigenvalue weighted by molar-refractivity contribution is 0.580. The fourth-order valence-electron chi connectivity index (χ4n) is 2.75. The number of halogens is 1. The van der Waals surface area contributed by atoms with Crippen LogP contribution in [-0.4, -0.2) is 29.9 Å². The van der Waals surface area contributed by atoms with Crippen LogP contribution in [-0.2, 0) is 0 Å². The van der Waals surface area contributed by atoms with Gasteiger partial charge in [-0.15, -0.1) is 5.10 Å². The number of benzene rings is 1. The molecule has 24 heavy (non-hydrogen) atoms. The highest BCUT2D eigenvalue weighted by molar-refractivity contribution is 6.37. The van der Waals surface area contributed by atoms with Crippen LogP contribution in [0.5, 0.6) is 0 Å². The van der Waals surface area contributed by atoms with Gasteiger partial charge in [-0.3, -0.25) is 0 Å². The van der Waals surface area contributed by atoms with Gasteiger partial charge in [0.05, 0.1) is 17.0 Å². The Kier molecular flexibility index (Phi) is 2.71. The Balaban J connectivity index is 1.78. The normalized spacial score (nSPS) is 11.5. The smallest absolute Gasteiger partial charge is 0.187 e. The Morgan fingerprint density at radius 2 is 2.08 bits per heavy atom. The zero-order valence-corrected chi connectivity index (χ0v) is 12.9. The Labute approximate surface area is 139 Å². The van der Waals surface area contributed by atoms with Crippen LogP contribution in [0.25, 0.3) is 39.2 Å². The van der Waals surface area contributed by atoms with Gasteiger partial charge in [-0.25, -0.2) is 9.97 Å². The van der Waals surface area contributed by atoms with E-state index in [-0.39, 0.29) is 0 Å². The predicted molar refractivity (Wildman–Crippen MR) is 89.0 cm³/mol. The van der Waals surface area contributed by atoms with Crippen molar-refractivity contribution in [3.63, 3.8) is 0 Å². The van der Waals surface area contributed by atoms with Crippen molar-refractivity contribution < 1.29 is 4.42 Å². The lowest BCUT2D eigenvalue weighted by atomic mass is 10.2. The molecule has 4 aromatic heterocycles. The van der Waals surface area contributed by atoms with E-state index in [4.69, 9.17) is 16.0 Å². The summed E-state index contributed by atoms with van der Waals surface area (Å²) >= 11 is 6.54. The lowest BCUT2D eigenvalue weighted by Gasteiger charge is -2.05. The molecule has 0 radical (unpaired) electrons. The maximum Gasteiger partial charge on any atom is 0.187 e. The average Bonchev–Trinajstić information content (AvgIpc) is 3.35. The second kappa shape index (κ2) is 4.90. The molecule has 7 nitrogen and oxygen atoms in total. The number of nitrogens with zero attached hydrogens (tertiary/aromatic N) is 5. The van der Waals surface area contributed by atoms with Crippen LogP contribution < -0.4 is 0 Å². The number of aromatic amines is 1. The summed E-state index contributed by atoms with van der Waals surface area (Å²) in [6.07, 6.45) is 4.89. The van der Waals surface area contributed by atoms with Crippen LogP contribution in [0.4, 0.5) is 0 Å². The number of hydrogen-bond donors (Lipinski definition) is 1. The summed E-state index contributed by atoms with van der Waals surface area (Å²) in [7, 11) is 0. The lowest BCUT2D eigenvalue weighted by Crippen LogP contribution is -1.99. The summed E-state index contributed by atoms with van der Waals surface area (Å²) in [6, 6.07) is 9.36. The number of aromatic nitrogens is 6. The van der Waals surface area contributed by atoms with Crippen LogP contribution in [0.1, 0.15) is 0 Å². The van der Waals surface area contributed by atoms with Gasteiger partial charge < -0.3 is 9.40 Å². The van der Waals surface area contributed by atoms with Crippen molar-refractivity contribution in [1.82, 2.24) is 29.9 Å². The average molecular weight is 337 g/mol. The molecule has 5 aromatic rings. The minimum absolute atomic E-state index is 0.553. The molecule has 8 heteroatoms. The van der Waals surface area contributed by atoms with E-state index in [0.29, 0.717) is 33.3 Å². The highest BCUT2D eigenvalue weighted by Gasteiger charge is 2.18. The van der Waals surface area contributed by atoms with Gasteiger partial charge in [0.25, 0.3) is 0 Å². The van der Waals surface area contributed by atoms with Crippen molar-refractivity contribution in [2.24, 2.45) is 0 Å². The highest BCUT2D eigenvalue weighted by atomic mass is 35.5. The van der Waals surface area contributed by atoms with Crippen LogP contribution in [0, 0.1) is 0 Å². The van der Waals surface area contributed by atoms with E-state index >= 15 is 0 Å². The van der Waals surface area contributed by atoms with Crippen molar-refractivity contribution >= 4 is 33.7 Å². The standard InChI is InChI=1S/C16H9ClN6O/c17-13-9-5-6-18-10(9)3-4-11(13)23-16-15(21-22-23)14(19-8-20-16)12-2-1-7-24-12/h1-8,18H. The molecule has 5 rings (SSSR count). The third kappa shape index (κ3) is 1.79. The molecular weight excluding hydrogens is 328 g/mol. The Bertz CT molecular complexity index is 1170. The first-order chi connectivity index (χ1) is 11.8. The van der Waals surface area contributed by atoms with E-state index in [1.807, 2.05) is 30.5 Å². The van der Waals surface area contributed by atoms with E-state index in [1.54, 1.807) is 17.0 Å². The largest absolute Gasteiger partial charge is 0.463 e. The monoisotopic (exact) mass is 336 g/mol. The molecule has 1 N–H and O–H groups in total. The van der Waals surface area contributed by atoms with Gasteiger partial charge in [-0.1, -0.05) is 16.8 Å². The molecule has 0 spiro atoms. The van der Waals surface area contributed by atoms with E-state index in [9.17, 15) is 0 Å². The minimum atomic E-state index is 0.553. The van der Waals surface area contributed by atoms with Gasteiger partial charge in [0, 0.05) is 17.1 Å². The quantitative estimate of drug-likeness (QED) is 0.532. The van der Waals surface area contributed by atoms with Gasteiger partial charge >= 0.3 is 0 Å². The third-order valence-electron chi connectivity index (χ3n) is 3.87. The highest BCUT2D eigenvalue weighted by Crippen LogP contribution is 2.31. The number of fused-ring (bicyclic) bond motifs is 2. The van der Waals surface area contributed by atoms with Crippen LogP contribution >= 0.6 is 11.6 Å². The minimum Gasteiger partial charge on any atom is -0.463 e. The van der Waals surface area contributed by atoms with E-state index < -0.39 is 0 Å². The molecule has 0 aliphatic carbocycles. The number of hydrogen-bond acceptors (Lipinski definition) is 5. The number of nitrogens with one attached hydrogen (secondary N) is 1. The molecule has 116 valence electrons. The molecule has 0 unspecified atom stereocenters. The summed E-state index contributed by atoms with van der Waals surface area (Å²) in [4.78, 5) is 11.7. The van der Waals surface area contributed by atoms with Gasteiger partial charge in [0.15, 0.2) is 16.9 Å². The Morgan fingerprint density at radius 1 is 1.12 bits per heavy atom. The molecule has 0 fully saturated rings. The second-order valence-corrected chi connectivity index (χ2v) is 5.59. The van der Waals surface area contributed by atoms with E-state index in [1.165, 1.54) is 6.33 Å². The van der Waals surface area contributed by atoms with Crippen LogP contribution in [0.2, 0.25) is 5.02 Å². The van der Waals surface area contributed by atoms with Gasteiger partial charge in [-0.2, -0.15) is 4.68 Å². The number of rotatable bonds is 2. The van der Waals surface area contributed by atoms with Gasteiger partial charge in [0.1, 0.15) is 12.0 Å². The fraction of sp³-hybridized carbons (Fsp3) is 0. The third-order valence-corrected chi connectivity index (χ3v) is 4.27. The van der Waals surface area contributed by atoms with Crippen LogP contribution in [0.3, 0.4) is 0 Å². The summed E-state index contributed by atoms with van der Waals surface area (Å²) in [5, 5.41) is 9.93. The maximum atomic E-state index is 6.54. The SMILES string of the molecule is Clc1c(-n2nnc3c(-c4ccco4)ncnc32)ccc2[nH]ccc12. The zero-order valence-electron chi connectivity index (χ0n) is 12.1. The molecule has 0 saturated heterocycles. The Hall–Kier alpha value is -3.19. The molecule has 0 bridgehead atoms. The predicted octanol–water partition coefficient (Wildman–Crippen LogP) is 3.61. The summed E-state index contributed by atoms with van der Waals surface area (Å²) in [5.74, 6) is 0.613. The second-order valence-electron chi connectivity index (χ2n) is 5.21. The number of H-pyrrole nitrogens is 1. The summed E-state index contributed by atoms with van der Waals surface area (Å²) < 4.78 is 7.03. The van der Waals surface area contributed by atoms with Crippen LogP contribution in [0.15, 0.2) is 53.5 Å². The van der Waals surface area contributed by atoms with Crippen molar-refractivity contribution in [3.05, 3.63) is 54.1 Å². The molecule has 0 atom stereocenters. The van der Waals surface area contributed by atoms with Crippen molar-refractivity contribution in [2.75, 3.05) is 0 Å². The summed E-state index contributed by atoms with van der Waals surface area (Å²) in [5.41, 5.74) is 3.37. The molecule has 4 heterocycles. The zero-order chi connectivity index (χ0) is 16.1. The molecule has 0 amide bonds. The van der Waals surface area contributed by atoms with Crippen molar-refractivity contribution in [1.29, 1.82) is 0 Å². The first-order valence-corrected chi connectivity index (χ1v) is 7.57.